The number of fused-ring (bicyclic) bond motifs is 1. The van der Waals surface area contributed by atoms with Crippen LogP contribution in [0.4, 0.5) is 15.3 Å². The van der Waals surface area contributed by atoms with Crippen LogP contribution in [0, 0.1) is 12.8 Å². The van der Waals surface area contributed by atoms with E-state index in [4.69, 9.17) is 9.47 Å². The summed E-state index contributed by atoms with van der Waals surface area (Å²) in [6.07, 6.45) is 1.67. The number of ether oxygens (including phenoxy) is 2. The molecule has 2 heterocycles. The van der Waals surface area contributed by atoms with Gasteiger partial charge < -0.3 is 30.3 Å². The van der Waals surface area contributed by atoms with Gasteiger partial charge in [0.2, 0.25) is 0 Å². The Morgan fingerprint density at radius 3 is 2.62 bits per heavy atom. The van der Waals surface area contributed by atoms with Crippen LogP contribution in [0.25, 0.3) is 0 Å². The molecule has 0 spiro atoms. The number of likely N-dealkylation sites (tertiary alicyclic amines) is 1. The molecule has 8 nitrogen and oxygen atoms in total. The number of piperidine rings is 1. The average molecular weight is 439 g/mol. The number of carbonyl (C=O) groups excluding carboxylic acids is 2. The monoisotopic (exact) mass is 438 g/mol. The highest BCUT2D eigenvalue weighted by Gasteiger charge is 2.26. The van der Waals surface area contributed by atoms with Gasteiger partial charge in [-0.05, 0) is 49.9 Å². The highest BCUT2D eigenvalue weighted by atomic mass is 16.6. The van der Waals surface area contributed by atoms with Crippen molar-refractivity contribution in [2.45, 2.75) is 25.9 Å². The molecule has 1 saturated heterocycles. The van der Waals surface area contributed by atoms with Crippen molar-refractivity contribution in [1.29, 1.82) is 0 Å². The molecule has 0 aromatic heterocycles. The summed E-state index contributed by atoms with van der Waals surface area (Å²) in [4.78, 5) is 26.6. The number of anilines is 1. The van der Waals surface area contributed by atoms with E-state index in [2.05, 4.69) is 16.0 Å². The molecule has 32 heavy (non-hydrogen) atoms. The maximum absolute atomic E-state index is 12.7. The second kappa shape index (κ2) is 10.3. The number of para-hydroxylation sites is 2. The molecule has 4 amide bonds. The molecule has 0 saturated carbocycles. The van der Waals surface area contributed by atoms with E-state index in [0.717, 1.165) is 29.8 Å². The number of aryl methyl sites for hydroxylation is 1. The van der Waals surface area contributed by atoms with Crippen LogP contribution in [0.2, 0.25) is 0 Å². The number of hydrogen-bond acceptors (Lipinski definition) is 4. The normalized spacial score (nSPS) is 19.7. The summed E-state index contributed by atoms with van der Waals surface area (Å²) in [6, 6.07) is 14.8. The summed E-state index contributed by atoms with van der Waals surface area (Å²) in [7, 11) is 0. The first-order chi connectivity index (χ1) is 15.6. The zero-order valence-electron chi connectivity index (χ0n) is 18.3. The molecule has 8 heteroatoms. The van der Waals surface area contributed by atoms with E-state index in [1.807, 2.05) is 60.4 Å². The zero-order chi connectivity index (χ0) is 22.3. The number of benzene rings is 2. The number of carbonyl (C=O) groups is 2. The van der Waals surface area contributed by atoms with Gasteiger partial charge in [0.25, 0.3) is 0 Å². The molecule has 2 unspecified atom stereocenters. The van der Waals surface area contributed by atoms with Crippen LogP contribution in [-0.4, -0.2) is 55.9 Å². The quantitative estimate of drug-likeness (QED) is 0.667. The van der Waals surface area contributed by atoms with Crippen molar-refractivity contribution in [2.24, 2.45) is 5.92 Å². The molecule has 2 aromatic carbocycles. The van der Waals surface area contributed by atoms with Gasteiger partial charge in [-0.3, -0.25) is 0 Å². The van der Waals surface area contributed by atoms with Gasteiger partial charge in [-0.15, -0.1) is 0 Å². The first-order valence-corrected chi connectivity index (χ1v) is 11.1. The Balaban J connectivity index is 1.18. The van der Waals surface area contributed by atoms with Crippen molar-refractivity contribution in [3.63, 3.8) is 0 Å². The minimum atomic E-state index is -0.231. The van der Waals surface area contributed by atoms with Crippen molar-refractivity contribution in [2.75, 3.05) is 38.1 Å². The molecule has 2 atom stereocenters. The first-order valence-electron chi connectivity index (χ1n) is 11.1. The largest absolute Gasteiger partial charge is 0.486 e. The summed E-state index contributed by atoms with van der Waals surface area (Å²) in [5, 5.41) is 8.72. The van der Waals surface area contributed by atoms with Gasteiger partial charge in [0.15, 0.2) is 17.6 Å². The van der Waals surface area contributed by atoms with Gasteiger partial charge in [0.05, 0.1) is 6.54 Å². The van der Waals surface area contributed by atoms with Gasteiger partial charge >= 0.3 is 12.1 Å². The third kappa shape index (κ3) is 5.84. The molecule has 170 valence electrons. The Kier molecular flexibility index (Phi) is 6.99. The Labute approximate surface area is 188 Å². The van der Waals surface area contributed by atoms with Crippen LogP contribution in [0.5, 0.6) is 11.5 Å². The molecule has 0 radical (unpaired) electrons. The summed E-state index contributed by atoms with van der Waals surface area (Å²) in [5.41, 5.74) is 1.90. The molecule has 4 rings (SSSR count). The number of nitrogens with one attached hydrogen (secondary N) is 3. The van der Waals surface area contributed by atoms with Crippen LogP contribution in [0.1, 0.15) is 18.4 Å². The predicted molar refractivity (Wildman–Crippen MR) is 122 cm³/mol. The third-order valence-corrected chi connectivity index (χ3v) is 5.72. The Morgan fingerprint density at radius 1 is 1.03 bits per heavy atom. The topological polar surface area (TPSA) is 91.9 Å². The summed E-state index contributed by atoms with van der Waals surface area (Å²) in [6.45, 7) is 4.64. The minimum absolute atomic E-state index is 0.110. The minimum Gasteiger partial charge on any atom is -0.486 e. The molecule has 2 aliphatic rings. The van der Waals surface area contributed by atoms with Crippen LogP contribution < -0.4 is 25.4 Å². The molecule has 0 bridgehead atoms. The van der Waals surface area contributed by atoms with Crippen molar-refractivity contribution < 1.29 is 19.1 Å². The fourth-order valence-corrected chi connectivity index (χ4v) is 3.94. The average Bonchev–Trinajstić information content (AvgIpc) is 2.83. The summed E-state index contributed by atoms with van der Waals surface area (Å²) >= 11 is 0. The number of nitrogens with zero attached hydrogens (tertiary/aromatic N) is 1. The highest BCUT2D eigenvalue weighted by Crippen LogP contribution is 2.30. The molecular formula is C24H30N4O4. The maximum Gasteiger partial charge on any atom is 0.319 e. The Hall–Kier alpha value is -3.42. The Bertz CT molecular complexity index is 934. The lowest BCUT2D eigenvalue weighted by Gasteiger charge is -2.33. The highest BCUT2D eigenvalue weighted by molar-refractivity contribution is 5.89. The standard InChI is InChI=1S/C24H30N4O4/c1-17-8-10-19(11-9-17)27-23(29)25-13-18-5-4-12-28(15-18)24(30)26-14-20-16-31-21-6-2-3-7-22(21)32-20/h2-3,6-11,18,20H,4-5,12-16H2,1H3,(H,26,30)(H2,25,27,29). The predicted octanol–water partition coefficient (Wildman–Crippen LogP) is 3.38. The first kappa shape index (κ1) is 21.8. The van der Waals surface area contributed by atoms with Crippen molar-refractivity contribution >= 4 is 17.7 Å². The second-order valence-corrected chi connectivity index (χ2v) is 8.34. The van der Waals surface area contributed by atoms with Gasteiger partial charge in [-0.1, -0.05) is 29.8 Å². The Morgan fingerprint density at radius 2 is 1.81 bits per heavy atom. The van der Waals surface area contributed by atoms with E-state index in [0.29, 0.717) is 38.5 Å². The SMILES string of the molecule is Cc1ccc(NC(=O)NCC2CCCN(C(=O)NCC3COc4ccccc4O3)C2)cc1. The van der Waals surface area contributed by atoms with Gasteiger partial charge in [0.1, 0.15) is 6.61 Å². The lowest BCUT2D eigenvalue weighted by Crippen LogP contribution is -2.50. The maximum atomic E-state index is 12.7. The fourth-order valence-electron chi connectivity index (χ4n) is 3.94. The second-order valence-electron chi connectivity index (χ2n) is 8.34. The van der Waals surface area contributed by atoms with Crippen molar-refractivity contribution in [1.82, 2.24) is 15.5 Å². The summed E-state index contributed by atoms with van der Waals surface area (Å²) in [5.74, 6) is 1.65. The number of urea groups is 2. The van der Waals surface area contributed by atoms with Crippen LogP contribution in [0.3, 0.4) is 0 Å². The molecule has 1 fully saturated rings. The molecule has 2 aliphatic heterocycles. The van der Waals surface area contributed by atoms with Gasteiger partial charge in [-0.2, -0.15) is 0 Å². The van der Waals surface area contributed by atoms with E-state index >= 15 is 0 Å². The summed E-state index contributed by atoms with van der Waals surface area (Å²) < 4.78 is 11.6. The van der Waals surface area contributed by atoms with E-state index in [1.165, 1.54) is 0 Å². The number of hydrogen-bond donors (Lipinski definition) is 3. The van der Waals surface area contributed by atoms with Crippen LogP contribution in [-0.2, 0) is 0 Å². The van der Waals surface area contributed by atoms with E-state index in [-0.39, 0.29) is 24.1 Å². The van der Waals surface area contributed by atoms with Crippen molar-refractivity contribution in [3.8, 4) is 11.5 Å². The number of rotatable bonds is 5. The van der Waals surface area contributed by atoms with Crippen LogP contribution >= 0.6 is 0 Å². The third-order valence-electron chi connectivity index (χ3n) is 5.72. The molecular weight excluding hydrogens is 408 g/mol. The van der Waals surface area contributed by atoms with Gasteiger partial charge in [-0.25, -0.2) is 9.59 Å². The van der Waals surface area contributed by atoms with E-state index in [1.54, 1.807) is 0 Å². The molecule has 0 aliphatic carbocycles. The molecule has 3 N–H and O–H groups in total. The van der Waals surface area contributed by atoms with E-state index in [9.17, 15) is 9.59 Å². The zero-order valence-corrected chi connectivity index (χ0v) is 18.3. The van der Waals surface area contributed by atoms with Crippen molar-refractivity contribution in [3.05, 3.63) is 54.1 Å². The van der Waals surface area contributed by atoms with Gasteiger partial charge in [0, 0.05) is 25.3 Å². The lowest BCUT2D eigenvalue weighted by molar-refractivity contribution is 0.0889. The smallest absolute Gasteiger partial charge is 0.319 e. The molecule has 2 aromatic rings. The number of amides is 4. The van der Waals surface area contributed by atoms with E-state index < -0.39 is 0 Å². The lowest BCUT2D eigenvalue weighted by atomic mass is 9.98. The fraction of sp³-hybridized carbons (Fsp3) is 0.417. The van der Waals surface area contributed by atoms with Crippen LogP contribution in [0.15, 0.2) is 48.5 Å².